The zero-order chi connectivity index (χ0) is 26.7. The van der Waals surface area contributed by atoms with Gasteiger partial charge in [-0.15, -0.1) is 0 Å². The molecule has 0 aromatic heterocycles. The molecular weight excluding hydrogens is 488 g/mol. The molecule has 1 fully saturated rings. The van der Waals surface area contributed by atoms with Crippen LogP contribution in [0.3, 0.4) is 0 Å². The van der Waals surface area contributed by atoms with E-state index in [-0.39, 0.29) is 34.7 Å². The number of amides is 2. The van der Waals surface area contributed by atoms with E-state index in [0.717, 1.165) is 5.56 Å². The molecule has 1 aliphatic heterocycles. The predicted molar refractivity (Wildman–Crippen MR) is 146 cm³/mol. The molecule has 0 bridgehead atoms. The fourth-order valence-electron chi connectivity index (χ4n) is 4.82. The smallest absolute Gasteiger partial charge is 0.255 e. The van der Waals surface area contributed by atoms with Gasteiger partial charge in [-0.1, -0.05) is 49.4 Å². The van der Waals surface area contributed by atoms with Crippen molar-refractivity contribution in [2.75, 3.05) is 25.5 Å². The molecule has 3 aromatic rings. The first-order chi connectivity index (χ1) is 17.6. The van der Waals surface area contributed by atoms with Crippen LogP contribution in [0.25, 0.3) is 10.8 Å². The van der Waals surface area contributed by atoms with Crippen molar-refractivity contribution in [3.63, 3.8) is 0 Å². The molecule has 3 atom stereocenters. The third-order valence-electron chi connectivity index (χ3n) is 7.14. The summed E-state index contributed by atoms with van der Waals surface area (Å²) in [7, 11) is -2.11. The SMILES string of the molecule is CN[C@@H](C)C(=O)N1CC[C@H](NS(=O)(=O)c2cccc3c(NC(=O)c4ccccc4C)cccc23)[C@@H](C)C1. The van der Waals surface area contributed by atoms with Gasteiger partial charge in [-0.3, -0.25) is 9.59 Å². The van der Waals surface area contributed by atoms with Crippen LogP contribution in [-0.2, 0) is 14.8 Å². The van der Waals surface area contributed by atoms with Gasteiger partial charge in [0.1, 0.15) is 0 Å². The Balaban J connectivity index is 1.56. The lowest BCUT2D eigenvalue weighted by Crippen LogP contribution is -2.54. The molecule has 8 nitrogen and oxygen atoms in total. The van der Waals surface area contributed by atoms with Crippen LogP contribution in [0.5, 0.6) is 0 Å². The topological polar surface area (TPSA) is 108 Å². The maximum absolute atomic E-state index is 13.5. The van der Waals surface area contributed by atoms with Crippen LogP contribution >= 0.6 is 0 Å². The second-order valence-electron chi connectivity index (χ2n) is 9.71. The van der Waals surface area contributed by atoms with Crippen LogP contribution < -0.4 is 15.4 Å². The number of hydrogen-bond acceptors (Lipinski definition) is 5. The van der Waals surface area contributed by atoms with E-state index in [1.54, 1.807) is 54.4 Å². The molecule has 4 rings (SSSR count). The summed E-state index contributed by atoms with van der Waals surface area (Å²) < 4.78 is 30.0. The minimum absolute atomic E-state index is 0.0185. The number of sulfonamides is 1. The minimum atomic E-state index is -3.86. The lowest BCUT2D eigenvalue weighted by Gasteiger charge is -2.38. The van der Waals surface area contributed by atoms with Crippen molar-refractivity contribution >= 4 is 38.3 Å². The van der Waals surface area contributed by atoms with Crippen molar-refractivity contribution in [3.05, 3.63) is 71.8 Å². The van der Waals surface area contributed by atoms with E-state index >= 15 is 0 Å². The largest absolute Gasteiger partial charge is 0.341 e. The van der Waals surface area contributed by atoms with Gasteiger partial charge in [0.15, 0.2) is 0 Å². The van der Waals surface area contributed by atoms with E-state index in [0.29, 0.717) is 41.5 Å². The van der Waals surface area contributed by atoms with Gasteiger partial charge in [0, 0.05) is 41.2 Å². The Bertz CT molecular complexity index is 1420. The highest BCUT2D eigenvalue weighted by Gasteiger charge is 2.33. The molecule has 37 heavy (non-hydrogen) atoms. The van der Waals surface area contributed by atoms with Crippen LogP contribution in [0.15, 0.2) is 65.6 Å². The van der Waals surface area contributed by atoms with Crippen LogP contribution in [0, 0.1) is 12.8 Å². The number of piperidine rings is 1. The van der Waals surface area contributed by atoms with Gasteiger partial charge >= 0.3 is 0 Å². The fraction of sp³-hybridized carbons (Fsp3) is 0.357. The highest BCUT2D eigenvalue weighted by molar-refractivity contribution is 7.89. The summed E-state index contributed by atoms with van der Waals surface area (Å²) in [5.41, 5.74) is 1.96. The lowest BCUT2D eigenvalue weighted by molar-refractivity contribution is -0.134. The highest BCUT2D eigenvalue weighted by atomic mass is 32.2. The van der Waals surface area contributed by atoms with Gasteiger partial charge in [-0.2, -0.15) is 0 Å². The first kappa shape index (κ1) is 26.8. The molecular formula is C28H34N4O4S. The monoisotopic (exact) mass is 522 g/mol. The summed E-state index contributed by atoms with van der Waals surface area (Å²) in [4.78, 5) is 27.4. The van der Waals surface area contributed by atoms with Crippen molar-refractivity contribution in [3.8, 4) is 0 Å². The van der Waals surface area contributed by atoms with Gasteiger partial charge in [0.2, 0.25) is 15.9 Å². The van der Waals surface area contributed by atoms with Gasteiger partial charge < -0.3 is 15.5 Å². The Kier molecular flexibility index (Phi) is 7.96. The average molecular weight is 523 g/mol. The van der Waals surface area contributed by atoms with E-state index in [1.165, 1.54) is 0 Å². The third-order valence-corrected chi connectivity index (χ3v) is 8.68. The molecule has 0 spiro atoms. The van der Waals surface area contributed by atoms with E-state index in [9.17, 15) is 18.0 Å². The zero-order valence-electron chi connectivity index (χ0n) is 21.6. The van der Waals surface area contributed by atoms with E-state index in [2.05, 4.69) is 15.4 Å². The zero-order valence-corrected chi connectivity index (χ0v) is 22.4. The van der Waals surface area contributed by atoms with Crippen LogP contribution in [0.1, 0.15) is 36.2 Å². The number of hydrogen-bond donors (Lipinski definition) is 3. The molecule has 0 radical (unpaired) electrons. The highest BCUT2D eigenvalue weighted by Crippen LogP contribution is 2.30. The Hall–Kier alpha value is -3.27. The molecule has 9 heteroatoms. The number of nitrogens with one attached hydrogen (secondary N) is 3. The number of carbonyl (C=O) groups excluding carboxylic acids is 2. The Morgan fingerprint density at radius 2 is 1.70 bits per heavy atom. The Morgan fingerprint density at radius 1 is 1.00 bits per heavy atom. The lowest BCUT2D eigenvalue weighted by atomic mass is 9.94. The first-order valence-electron chi connectivity index (χ1n) is 12.5. The second-order valence-corrected chi connectivity index (χ2v) is 11.4. The number of aryl methyl sites for hydroxylation is 1. The minimum Gasteiger partial charge on any atom is -0.341 e. The number of likely N-dealkylation sites (N-methyl/N-ethyl adjacent to an activating group) is 1. The summed E-state index contributed by atoms with van der Waals surface area (Å²) in [6, 6.07) is 17.1. The maximum Gasteiger partial charge on any atom is 0.255 e. The quantitative estimate of drug-likeness (QED) is 0.440. The van der Waals surface area contributed by atoms with Crippen LogP contribution in [0.2, 0.25) is 0 Å². The van der Waals surface area contributed by atoms with Gasteiger partial charge in [-0.25, -0.2) is 13.1 Å². The normalized spacial score (nSPS) is 19.0. The van der Waals surface area contributed by atoms with Crippen molar-refractivity contribution in [1.82, 2.24) is 14.9 Å². The number of fused-ring (bicyclic) bond motifs is 1. The van der Waals surface area contributed by atoms with Gasteiger partial charge in [0.25, 0.3) is 5.91 Å². The maximum atomic E-state index is 13.5. The molecule has 0 unspecified atom stereocenters. The molecule has 196 valence electrons. The predicted octanol–water partition coefficient (Wildman–Crippen LogP) is 3.52. The summed E-state index contributed by atoms with van der Waals surface area (Å²) in [6.07, 6.45) is 0.533. The molecule has 1 saturated heterocycles. The first-order valence-corrected chi connectivity index (χ1v) is 14.0. The number of rotatable bonds is 7. The molecule has 3 N–H and O–H groups in total. The fourth-order valence-corrected chi connectivity index (χ4v) is 6.42. The number of nitrogens with zero attached hydrogens (tertiary/aromatic N) is 1. The summed E-state index contributed by atoms with van der Waals surface area (Å²) in [6.45, 7) is 6.63. The average Bonchev–Trinajstić information content (AvgIpc) is 2.88. The Labute approximate surface area is 218 Å². The number of likely N-dealkylation sites (tertiary alicyclic amines) is 1. The van der Waals surface area contributed by atoms with Crippen molar-refractivity contribution in [1.29, 1.82) is 0 Å². The molecule has 0 saturated carbocycles. The van der Waals surface area contributed by atoms with Crippen molar-refractivity contribution in [2.45, 2.75) is 44.2 Å². The summed E-state index contributed by atoms with van der Waals surface area (Å²) in [5.74, 6) is -0.278. The summed E-state index contributed by atoms with van der Waals surface area (Å²) >= 11 is 0. The molecule has 1 aliphatic rings. The standard InChI is InChI=1S/C28H34N4O4S/c1-18-9-5-6-10-21(18)27(33)30-25-13-7-12-23-22(25)11-8-14-26(23)37(35,36)31-24-15-16-32(17-19(24)2)28(34)20(3)29-4/h5-14,19-20,24,29,31H,15-17H2,1-4H3,(H,30,33)/t19-,20-,24-/m0/s1. The van der Waals surface area contributed by atoms with Crippen LogP contribution in [-0.4, -0.2) is 57.4 Å². The van der Waals surface area contributed by atoms with Crippen molar-refractivity contribution < 1.29 is 18.0 Å². The second kappa shape index (κ2) is 11.0. The number of carbonyl (C=O) groups is 2. The van der Waals surface area contributed by atoms with Crippen LogP contribution in [0.4, 0.5) is 5.69 Å². The third kappa shape index (κ3) is 5.69. The molecule has 3 aromatic carbocycles. The number of anilines is 1. The van der Waals surface area contributed by atoms with E-state index in [1.807, 2.05) is 39.0 Å². The van der Waals surface area contributed by atoms with Gasteiger partial charge in [0.05, 0.1) is 10.9 Å². The van der Waals surface area contributed by atoms with E-state index < -0.39 is 10.0 Å². The Morgan fingerprint density at radius 3 is 2.41 bits per heavy atom. The van der Waals surface area contributed by atoms with Crippen molar-refractivity contribution in [2.24, 2.45) is 5.92 Å². The molecule has 0 aliphatic carbocycles. The van der Waals surface area contributed by atoms with E-state index in [4.69, 9.17) is 0 Å². The summed E-state index contributed by atoms with van der Waals surface area (Å²) in [5, 5.41) is 7.07. The van der Waals surface area contributed by atoms with Gasteiger partial charge in [-0.05, 0) is 57.0 Å². The number of benzene rings is 3. The molecule has 2 amide bonds. The molecule has 1 heterocycles.